The normalized spacial score (nSPS) is 11.6. The molecule has 0 aliphatic carbocycles. The minimum atomic E-state index is -0.0721. The number of hydrogen-bond acceptors (Lipinski definition) is 6. The van der Waals surface area contributed by atoms with E-state index in [4.69, 9.17) is 23.7 Å². The second-order valence-corrected chi connectivity index (χ2v) is 6.72. The molecule has 0 heterocycles. The monoisotopic (exact) mass is 559 g/mol. The predicted molar refractivity (Wildman–Crippen MR) is 137 cm³/mol. The van der Waals surface area contributed by atoms with Crippen molar-refractivity contribution < 1.29 is 23.7 Å². The summed E-state index contributed by atoms with van der Waals surface area (Å²) in [6.07, 6.45) is -0.0721. The number of guanidine groups is 1. The number of benzene rings is 2. The van der Waals surface area contributed by atoms with Crippen molar-refractivity contribution in [3.63, 3.8) is 0 Å². The number of rotatable bonds is 11. The number of aliphatic imine (C=N–C) groups is 1. The van der Waals surface area contributed by atoms with Gasteiger partial charge in [0.15, 0.2) is 17.5 Å². The van der Waals surface area contributed by atoms with Crippen LogP contribution in [0.3, 0.4) is 0 Å². The minimum absolute atomic E-state index is 0. The first-order valence-electron chi connectivity index (χ1n) is 10.2. The third-order valence-electron chi connectivity index (χ3n) is 4.42. The van der Waals surface area contributed by atoms with E-state index in [1.165, 1.54) is 0 Å². The zero-order valence-electron chi connectivity index (χ0n) is 19.6. The maximum Gasteiger partial charge on any atom is 0.203 e. The fourth-order valence-electron chi connectivity index (χ4n) is 2.93. The molecule has 2 aromatic carbocycles. The van der Waals surface area contributed by atoms with Crippen LogP contribution >= 0.6 is 24.0 Å². The second kappa shape index (κ2) is 14.5. The van der Waals surface area contributed by atoms with Crippen LogP contribution in [-0.2, 0) is 6.54 Å². The highest BCUT2D eigenvalue weighted by Crippen LogP contribution is 2.38. The van der Waals surface area contributed by atoms with Crippen LogP contribution < -0.4 is 34.3 Å². The number of hydrogen-bond donors (Lipinski definition) is 2. The Morgan fingerprint density at radius 3 is 2.12 bits per heavy atom. The molecule has 1 unspecified atom stereocenters. The molecule has 0 saturated carbocycles. The maximum atomic E-state index is 5.96. The van der Waals surface area contributed by atoms with Crippen molar-refractivity contribution >= 4 is 29.9 Å². The molecular formula is C23H34IN3O5. The van der Waals surface area contributed by atoms with Gasteiger partial charge in [-0.2, -0.15) is 0 Å². The standard InChI is InChI=1S/C23H33N3O5.HI/c1-7-24-23(25-14-16(2)31-19-10-8-9-18(13-19)27-3)26-15-17-11-20(28-4)22(30-6)21(12-17)29-5;/h8-13,16H,7,14-15H2,1-6H3,(H2,24,25,26);1H. The third kappa shape index (κ3) is 8.18. The number of halogens is 1. The van der Waals surface area contributed by atoms with Gasteiger partial charge in [-0.3, -0.25) is 0 Å². The molecule has 0 amide bonds. The topological polar surface area (TPSA) is 82.6 Å². The predicted octanol–water partition coefficient (Wildman–Crippen LogP) is 3.86. The summed E-state index contributed by atoms with van der Waals surface area (Å²) in [5.41, 5.74) is 0.937. The molecular weight excluding hydrogens is 525 g/mol. The molecule has 32 heavy (non-hydrogen) atoms. The van der Waals surface area contributed by atoms with Gasteiger partial charge in [0.05, 0.1) is 41.5 Å². The van der Waals surface area contributed by atoms with Crippen molar-refractivity contribution in [1.29, 1.82) is 0 Å². The Labute approximate surface area is 207 Å². The first-order valence-corrected chi connectivity index (χ1v) is 10.2. The summed E-state index contributed by atoms with van der Waals surface area (Å²) >= 11 is 0. The van der Waals surface area contributed by atoms with Crippen molar-refractivity contribution in [2.24, 2.45) is 4.99 Å². The van der Waals surface area contributed by atoms with Gasteiger partial charge in [0.1, 0.15) is 17.6 Å². The van der Waals surface area contributed by atoms with Gasteiger partial charge in [0.25, 0.3) is 0 Å². The molecule has 0 fully saturated rings. The van der Waals surface area contributed by atoms with Crippen molar-refractivity contribution in [1.82, 2.24) is 10.6 Å². The molecule has 0 aliphatic rings. The van der Waals surface area contributed by atoms with Crippen LogP contribution in [0, 0.1) is 0 Å². The van der Waals surface area contributed by atoms with Crippen molar-refractivity contribution in [2.45, 2.75) is 26.5 Å². The summed E-state index contributed by atoms with van der Waals surface area (Å²) in [5, 5.41) is 6.56. The van der Waals surface area contributed by atoms with Crippen LogP contribution in [0.5, 0.6) is 28.7 Å². The zero-order valence-corrected chi connectivity index (χ0v) is 21.9. The Bertz CT molecular complexity index is 838. The van der Waals surface area contributed by atoms with E-state index in [0.717, 1.165) is 23.6 Å². The van der Waals surface area contributed by atoms with Gasteiger partial charge in [0, 0.05) is 12.6 Å². The summed E-state index contributed by atoms with van der Waals surface area (Å²) in [6.45, 7) is 5.78. The Balaban J connectivity index is 0.00000512. The highest BCUT2D eigenvalue weighted by Gasteiger charge is 2.13. The molecule has 0 bridgehead atoms. The van der Waals surface area contributed by atoms with Crippen molar-refractivity contribution in [3.8, 4) is 28.7 Å². The van der Waals surface area contributed by atoms with Gasteiger partial charge >= 0.3 is 0 Å². The molecule has 178 valence electrons. The molecule has 0 saturated heterocycles. The molecule has 1 atom stereocenters. The Kier molecular flexibility index (Phi) is 12.4. The summed E-state index contributed by atoms with van der Waals surface area (Å²) in [6, 6.07) is 11.3. The number of ether oxygens (including phenoxy) is 5. The van der Waals surface area contributed by atoms with E-state index in [-0.39, 0.29) is 30.1 Å². The Hall–Kier alpha value is -2.56. The second-order valence-electron chi connectivity index (χ2n) is 6.72. The minimum Gasteiger partial charge on any atom is -0.497 e. The Morgan fingerprint density at radius 1 is 0.906 bits per heavy atom. The van der Waals surface area contributed by atoms with E-state index < -0.39 is 0 Å². The van der Waals surface area contributed by atoms with Crippen molar-refractivity contribution in [3.05, 3.63) is 42.0 Å². The maximum absolute atomic E-state index is 5.96. The molecule has 2 N–H and O–H groups in total. The van der Waals surface area contributed by atoms with Crippen LogP contribution in [0.15, 0.2) is 41.4 Å². The average Bonchev–Trinajstić information content (AvgIpc) is 2.80. The highest BCUT2D eigenvalue weighted by atomic mass is 127. The molecule has 0 aliphatic heterocycles. The average molecular weight is 559 g/mol. The molecule has 2 rings (SSSR count). The van der Waals surface area contributed by atoms with Gasteiger partial charge in [-0.15, -0.1) is 24.0 Å². The van der Waals surface area contributed by atoms with Crippen molar-refractivity contribution in [2.75, 3.05) is 41.5 Å². The van der Waals surface area contributed by atoms with Gasteiger partial charge in [-0.25, -0.2) is 4.99 Å². The smallest absolute Gasteiger partial charge is 0.203 e. The van der Waals surface area contributed by atoms with Crippen LogP contribution in [0.1, 0.15) is 19.4 Å². The van der Waals surface area contributed by atoms with E-state index in [0.29, 0.717) is 36.3 Å². The first kappa shape index (κ1) is 27.5. The summed E-state index contributed by atoms with van der Waals surface area (Å²) < 4.78 is 27.4. The SMILES string of the molecule is CCNC(=NCc1cc(OC)c(OC)c(OC)c1)NCC(C)Oc1cccc(OC)c1.I. The quantitative estimate of drug-likeness (QED) is 0.246. The van der Waals surface area contributed by atoms with E-state index in [9.17, 15) is 0 Å². The van der Waals surface area contributed by atoms with Gasteiger partial charge < -0.3 is 34.3 Å². The lowest BCUT2D eigenvalue weighted by molar-refractivity contribution is 0.223. The molecule has 2 aromatic rings. The molecule has 0 radical (unpaired) electrons. The van der Waals surface area contributed by atoms with E-state index in [1.807, 2.05) is 50.2 Å². The number of nitrogens with zero attached hydrogens (tertiary/aromatic N) is 1. The van der Waals surface area contributed by atoms with Gasteiger partial charge in [0.2, 0.25) is 5.75 Å². The van der Waals surface area contributed by atoms with Gasteiger partial charge in [-0.1, -0.05) is 6.07 Å². The lowest BCUT2D eigenvalue weighted by Gasteiger charge is -2.18. The Morgan fingerprint density at radius 2 is 1.56 bits per heavy atom. The fourth-order valence-corrected chi connectivity index (χ4v) is 2.93. The molecule has 9 heteroatoms. The van der Waals surface area contributed by atoms with E-state index in [2.05, 4.69) is 15.6 Å². The van der Waals surface area contributed by atoms with Crippen LogP contribution in [-0.4, -0.2) is 53.6 Å². The van der Waals surface area contributed by atoms with E-state index >= 15 is 0 Å². The van der Waals surface area contributed by atoms with Crippen LogP contribution in [0.25, 0.3) is 0 Å². The number of nitrogens with one attached hydrogen (secondary N) is 2. The first-order chi connectivity index (χ1) is 15.0. The zero-order chi connectivity index (χ0) is 22.6. The number of methoxy groups -OCH3 is 4. The summed E-state index contributed by atoms with van der Waals surface area (Å²) in [5.74, 6) is 3.98. The fraction of sp³-hybridized carbons (Fsp3) is 0.435. The molecule has 0 spiro atoms. The molecule has 0 aromatic heterocycles. The largest absolute Gasteiger partial charge is 0.497 e. The molecule has 8 nitrogen and oxygen atoms in total. The lowest BCUT2D eigenvalue weighted by Crippen LogP contribution is -2.41. The highest BCUT2D eigenvalue weighted by molar-refractivity contribution is 14.0. The summed E-state index contributed by atoms with van der Waals surface area (Å²) in [7, 11) is 6.41. The summed E-state index contributed by atoms with van der Waals surface area (Å²) in [4.78, 5) is 4.66. The van der Waals surface area contributed by atoms with Crippen LogP contribution in [0.4, 0.5) is 0 Å². The van der Waals surface area contributed by atoms with E-state index in [1.54, 1.807) is 28.4 Å². The lowest BCUT2D eigenvalue weighted by atomic mass is 10.2. The van der Waals surface area contributed by atoms with Gasteiger partial charge in [-0.05, 0) is 43.7 Å². The van der Waals surface area contributed by atoms with Crippen LogP contribution in [0.2, 0.25) is 0 Å². The third-order valence-corrected chi connectivity index (χ3v) is 4.42.